The number of nitrogens with one attached hydrogen (secondary N) is 2. The van der Waals surface area contributed by atoms with Crippen molar-refractivity contribution in [3.8, 4) is 0 Å². The zero-order valence-corrected chi connectivity index (χ0v) is 13.2. The van der Waals surface area contributed by atoms with E-state index < -0.39 is 6.55 Å². The summed E-state index contributed by atoms with van der Waals surface area (Å²) in [6.45, 7) is -2.64. The lowest BCUT2D eigenvalue weighted by molar-refractivity contribution is 0.0667. The maximum absolute atomic E-state index is 12.7. The monoisotopic (exact) mass is 326 g/mol. The van der Waals surface area contributed by atoms with Crippen molar-refractivity contribution < 1.29 is 13.6 Å². The zero-order valence-electron chi connectivity index (χ0n) is 13.2. The van der Waals surface area contributed by atoms with Gasteiger partial charge in [-0.1, -0.05) is 25.7 Å². The summed E-state index contributed by atoms with van der Waals surface area (Å²) < 4.78 is 26.2. The molecule has 1 heterocycles. The summed E-state index contributed by atoms with van der Waals surface area (Å²) in [6.07, 6.45) is 11.0. The molecule has 1 aromatic rings. The quantitative estimate of drug-likeness (QED) is 0.890. The molecule has 7 heteroatoms. The number of carbonyl (C=O) groups is 1. The lowest BCUT2D eigenvalue weighted by Crippen LogP contribution is -2.45. The molecule has 23 heavy (non-hydrogen) atoms. The van der Waals surface area contributed by atoms with Crippen LogP contribution in [-0.2, 0) is 6.54 Å². The minimum absolute atomic E-state index is 0.00193. The van der Waals surface area contributed by atoms with E-state index in [0.29, 0.717) is 0 Å². The second-order valence-corrected chi connectivity index (χ2v) is 6.67. The van der Waals surface area contributed by atoms with Crippen molar-refractivity contribution in [2.24, 2.45) is 11.8 Å². The maximum Gasteiger partial charge on any atom is 0.319 e. The molecule has 2 N–H and O–H groups in total. The molecular weight excluding hydrogens is 302 g/mol. The second-order valence-electron chi connectivity index (χ2n) is 6.67. The average Bonchev–Trinajstić information content (AvgIpc) is 3.01. The summed E-state index contributed by atoms with van der Waals surface area (Å²) in [5.74, 6) is 1.73. The molecule has 0 radical (unpaired) electrons. The summed E-state index contributed by atoms with van der Waals surface area (Å²) in [5.41, 5.74) is 0. The van der Waals surface area contributed by atoms with E-state index in [1.807, 2.05) is 0 Å². The van der Waals surface area contributed by atoms with Crippen LogP contribution in [-0.4, -0.2) is 21.6 Å². The molecule has 128 valence electrons. The van der Waals surface area contributed by atoms with Gasteiger partial charge < -0.3 is 10.6 Å². The molecule has 2 aliphatic rings. The number of carbonyl (C=O) groups excluding carboxylic acids is 1. The van der Waals surface area contributed by atoms with Crippen LogP contribution >= 0.6 is 0 Å². The molecule has 0 aromatic carbocycles. The van der Waals surface area contributed by atoms with E-state index in [4.69, 9.17) is 0 Å². The molecule has 2 fully saturated rings. The largest absolute Gasteiger partial charge is 0.335 e. The van der Waals surface area contributed by atoms with Crippen molar-refractivity contribution in [2.45, 2.75) is 64.1 Å². The Morgan fingerprint density at radius 2 is 2.04 bits per heavy atom. The molecule has 0 bridgehead atoms. The van der Waals surface area contributed by atoms with Gasteiger partial charge in [0.1, 0.15) is 5.82 Å². The summed E-state index contributed by atoms with van der Waals surface area (Å²) in [6, 6.07) is -0.0998. The predicted octanol–water partition coefficient (Wildman–Crippen LogP) is 3.44. The number of aromatic nitrogens is 2. The molecule has 3 unspecified atom stereocenters. The average molecular weight is 326 g/mol. The van der Waals surface area contributed by atoms with Crippen LogP contribution in [0.1, 0.15) is 57.3 Å². The van der Waals surface area contributed by atoms with Crippen LogP contribution in [0.25, 0.3) is 0 Å². The van der Waals surface area contributed by atoms with Gasteiger partial charge in [0.2, 0.25) is 0 Å². The number of amides is 2. The van der Waals surface area contributed by atoms with Gasteiger partial charge >= 0.3 is 12.6 Å². The molecule has 3 rings (SSSR count). The highest BCUT2D eigenvalue weighted by molar-refractivity contribution is 5.74. The Labute approximate surface area is 134 Å². The summed E-state index contributed by atoms with van der Waals surface area (Å²) in [4.78, 5) is 15.9. The van der Waals surface area contributed by atoms with Crippen LogP contribution in [0, 0.1) is 11.8 Å². The van der Waals surface area contributed by atoms with Crippen molar-refractivity contribution >= 4 is 6.03 Å². The number of nitrogens with zero attached hydrogens (tertiary/aromatic N) is 2. The number of halogens is 2. The summed E-state index contributed by atoms with van der Waals surface area (Å²) in [5, 5.41) is 5.62. The van der Waals surface area contributed by atoms with E-state index in [1.54, 1.807) is 0 Å². The number of alkyl halides is 2. The Hall–Kier alpha value is -1.66. The van der Waals surface area contributed by atoms with E-state index in [2.05, 4.69) is 15.6 Å². The van der Waals surface area contributed by atoms with Gasteiger partial charge in [0.05, 0.1) is 6.54 Å². The normalized spacial score (nSPS) is 27.5. The lowest BCUT2D eigenvalue weighted by atomic mass is 9.69. The van der Waals surface area contributed by atoms with Crippen LogP contribution in [0.4, 0.5) is 13.6 Å². The van der Waals surface area contributed by atoms with E-state index in [1.165, 1.54) is 44.5 Å². The van der Waals surface area contributed by atoms with E-state index in [9.17, 15) is 13.6 Å². The van der Waals surface area contributed by atoms with Crippen LogP contribution in [0.3, 0.4) is 0 Å². The van der Waals surface area contributed by atoms with Gasteiger partial charge in [-0.2, -0.15) is 8.78 Å². The van der Waals surface area contributed by atoms with Gasteiger partial charge in [0.15, 0.2) is 0 Å². The van der Waals surface area contributed by atoms with Gasteiger partial charge in [0.25, 0.3) is 0 Å². The fraction of sp³-hybridized carbons (Fsp3) is 0.750. The van der Waals surface area contributed by atoms with E-state index in [0.717, 1.165) is 29.2 Å². The standard InChI is InChI=1S/C16H24F2N4O/c17-15(18)22-8-7-19-14(22)10-20-16(23)21-13-6-5-11-3-1-2-4-12(11)9-13/h7-8,11-13,15H,1-6,9-10H2,(H2,20,21,23). The number of fused-ring (bicyclic) bond motifs is 1. The van der Waals surface area contributed by atoms with Gasteiger partial charge in [-0.15, -0.1) is 0 Å². The number of hydrogen-bond acceptors (Lipinski definition) is 2. The molecule has 0 aliphatic heterocycles. The third-order valence-electron chi connectivity index (χ3n) is 5.24. The highest BCUT2D eigenvalue weighted by atomic mass is 19.3. The smallest absolute Gasteiger partial charge is 0.319 e. The van der Waals surface area contributed by atoms with Crippen molar-refractivity contribution in [1.29, 1.82) is 0 Å². The Morgan fingerprint density at radius 1 is 1.26 bits per heavy atom. The highest BCUT2D eigenvalue weighted by Gasteiger charge is 2.32. The molecule has 3 atom stereocenters. The molecule has 0 spiro atoms. The lowest BCUT2D eigenvalue weighted by Gasteiger charge is -2.39. The molecule has 2 amide bonds. The summed E-state index contributed by atoms with van der Waals surface area (Å²) >= 11 is 0. The van der Waals surface area contributed by atoms with Gasteiger partial charge in [-0.25, -0.2) is 9.78 Å². The Morgan fingerprint density at radius 3 is 2.83 bits per heavy atom. The first-order chi connectivity index (χ1) is 11.1. The number of rotatable bonds is 4. The first-order valence-electron chi connectivity index (χ1n) is 8.47. The summed E-state index contributed by atoms with van der Waals surface area (Å²) in [7, 11) is 0. The Bertz CT molecular complexity index is 534. The molecule has 2 saturated carbocycles. The van der Waals surface area contributed by atoms with Gasteiger partial charge in [0, 0.05) is 18.4 Å². The van der Waals surface area contributed by atoms with Gasteiger partial charge in [-0.05, 0) is 31.1 Å². The Kier molecular flexibility index (Phi) is 5.13. The van der Waals surface area contributed by atoms with E-state index >= 15 is 0 Å². The SMILES string of the molecule is O=C(NCc1nccn1C(F)F)NC1CCC2CCCCC2C1. The number of urea groups is 1. The van der Waals surface area contributed by atoms with Crippen LogP contribution < -0.4 is 10.6 Å². The van der Waals surface area contributed by atoms with Gasteiger partial charge in [-0.3, -0.25) is 4.57 Å². The van der Waals surface area contributed by atoms with Crippen LogP contribution in [0.5, 0.6) is 0 Å². The number of imidazole rings is 1. The van der Waals surface area contributed by atoms with Crippen molar-refractivity contribution in [3.05, 3.63) is 18.2 Å². The van der Waals surface area contributed by atoms with Crippen molar-refractivity contribution in [1.82, 2.24) is 20.2 Å². The first kappa shape index (κ1) is 16.2. The predicted molar refractivity (Wildman–Crippen MR) is 81.9 cm³/mol. The highest BCUT2D eigenvalue weighted by Crippen LogP contribution is 2.40. The van der Waals surface area contributed by atoms with Crippen LogP contribution in [0.15, 0.2) is 12.4 Å². The number of hydrogen-bond donors (Lipinski definition) is 2. The maximum atomic E-state index is 12.7. The van der Waals surface area contributed by atoms with Crippen LogP contribution in [0.2, 0.25) is 0 Å². The minimum atomic E-state index is -2.64. The minimum Gasteiger partial charge on any atom is -0.335 e. The third-order valence-corrected chi connectivity index (χ3v) is 5.24. The molecule has 0 saturated heterocycles. The first-order valence-corrected chi connectivity index (χ1v) is 8.47. The fourth-order valence-corrected chi connectivity index (χ4v) is 4.06. The van der Waals surface area contributed by atoms with Crippen molar-refractivity contribution in [3.63, 3.8) is 0 Å². The molecular formula is C16H24F2N4O. The fourth-order valence-electron chi connectivity index (χ4n) is 4.06. The van der Waals surface area contributed by atoms with Crippen molar-refractivity contribution in [2.75, 3.05) is 0 Å². The Balaban J connectivity index is 1.45. The zero-order chi connectivity index (χ0) is 16.2. The van der Waals surface area contributed by atoms with E-state index in [-0.39, 0.29) is 24.4 Å². The molecule has 5 nitrogen and oxygen atoms in total. The topological polar surface area (TPSA) is 59.0 Å². The molecule has 2 aliphatic carbocycles. The second kappa shape index (κ2) is 7.27. The third kappa shape index (κ3) is 4.00. The molecule has 1 aromatic heterocycles.